The fourth-order valence-electron chi connectivity index (χ4n) is 0.683. The number of hydrazone groups is 1. The van der Waals surface area contributed by atoms with Gasteiger partial charge in [0.05, 0.1) is 0 Å². The number of aliphatic imine (C=N–C) groups is 1. The zero-order valence-corrected chi connectivity index (χ0v) is 5.94. The van der Waals surface area contributed by atoms with Crippen molar-refractivity contribution < 1.29 is 0 Å². The minimum absolute atomic E-state index is 0.352. The average Bonchev–Trinajstić information content (AvgIpc) is 2.09. The summed E-state index contributed by atoms with van der Waals surface area (Å²) in [4.78, 5) is 7.57. The predicted molar refractivity (Wildman–Crippen MR) is 44.5 cm³/mol. The lowest BCUT2D eigenvalue weighted by Crippen LogP contribution is -2.02. The molecule has 1 rings (SSSR count). The average molecular weight is 148 g/mol. The minimum atomic E-state index is 0.352. The highest BCUT2D eigenvalue weighted by molar-refractivity contribution is 5.99. The van der Waals surface area contributed by atoms with E-state index in [1.807, 2.05) is 6.07 Å². The molecule has 0 aliphatic heterocycles. The molecule has 11 heavy (non-hydrogen) atoms. The SMILES string of the molecule is C=N/C(=N\N)c1ccccn1. The molecule has 4 nitrogen and oxygen atoms in total. The van der Waals surface area contributed by atoms with E-state index in [0.29, 0.717) is 11.5 Å². The second kappa shape index (κ2) is 3.46. The van der Waals surface area contributed by atoms with Crippen LogP contribution in [0.3, 0.4) is 0 Å². The highest BCUT2D eigenvalue weighted by Crippen LogP contribution is 1.95. The summed E-state index contributed by atoms with van der Waals surface area (Å²) in [5.74, 6) is 5.38. The standard InChI is InChI=1S/C7H8N4/c1-9-7(11-8)6-4-2-3-5-10-6/h2-5H,1,8H2/b11-7-. The van der Waals surface area contributed by atoms with E-state index in [1.54, 1.807) is 18.3 Å². The third kappa shape index (κ3) is 1.61. The smallest absolute Gasteiger partial charge is 0.196 e. The quantitative estimate of drug-likeness (QED) is 0.271. The van der Waals surface area contributed by atoms with Crippen LogP contribution in [0.1, 0.15) is 5.69 Å². The lowest BCUT2D eigenvalue weighted by atomic mass is 10.3. The summed E-state index contributed by atoms with van der Waals surface area (Å²) in [5.41, 5.74) is 0.630. The molecule has 0 saturated heterocycles. The molecule has 0 amide bonds. The Balaban J connectivity index is 3.01. The van der Waals surface area contributed by atoms with Crippen LogP contribution in [0, 0.1) is 0 Å². The molecule has 2 N–H and O–H groups in total. The van der Waals surface area contributed by atoms with Crippen molar-refractivity contribution in [2.24, 2.45) is 15.9 Å². The van der Waals surface area contributed by atoms with E-state index < -0.39 is 0 Å². The van der Waals surface area contributed by atoms with Crippen LogP contribution >= 0.6 is 0 Å². The fraction of sp³-hybridized carbons (Fsp3) is 0. The van der Waals surface area contributed by atoms with Crippen molar-refractivity contribution in [3.05, 3.63) is 30.1 Å². The molecule has 0 aliphatic carbocycles. The van der Waals surface area contributed by atoms with Crippen molar-refractivity contribution in [3.8, 4) is 0 Å². The van der Waals surface area contributed by atoms with E-state index in [0.717, 1.165) is 0 Å². The summed E-state index contributed by atoms with van der Waals surface area (Å²) >= 11 is 0. The maximum absolute atomic E-state index is 5.03. The van der Waals surface area contributed by atoms with Gasteiger partial charge in [-0.2, -0.15) is 5.10 Å². The molecule has 56 valence electrons. The highest BCUT2D eigenvalue weighted by Gasteiger charge is 1.98. The van der Waals surface area contributed by atoms with Gasteiger partial charge in [0.1, 0.15) is 5.69 Å². The van der Waals surface area contributed by atoms with Crippen molar-refractivity contribution in [3.63, 3.8) is 0 Å². The Kier molecular flexibility index (Phi) is 2.32. The summed E-state index contributed by atoms with van der Waals surface area (Å²) in [7, 11) is 0. The lowest BCUT2D eigenvalue weighted by molar-refractivity contribution is 1.19. The monoisotopic (exact) mass is 148 g/mol. The van der Waals surface area contributed by atoms with Gasteiger partial charge in [0, 0.05) is 6.20 Å². The molecular weight excluding hydrogens is 140 g/mol. The van der Waals surface area contributed by atoms with Gasteiger partial charge in [-0.05, 0) is 18.9 Å². The zero-order chi connectivity index (χ0) is 8.10. The molecule has 1 aromatic rings. The molecule has 1 aromatic heterocycles. The highest BCUT2D eigenvalue weighted by atomic mass is 15.2. The van der Waals surface area contributed by atoms with Gasteiger partial charge >= 0.3 is 0 Å². The number of nitrogens with two attached hydrogens (primary N) is 1. The van der Waals surface area contributed by atoms with Crippen molar-refractivity contribution in [2.45, 2.75) is 0 Å². The fourth-order valence-corrected chi connectivity index (χ4v) is 0.683. The van der Waals surface area contributed by atoms with Gasteiger partial charge < -0.3 is 5.84 Å². The molecule has 0 atom stereocenters. The minimum Gasteiger partial charge on any atom is -0.321 e. The predicted octanol–water partition coefficient (Wildman–Crippen LogP) is 0.402. The number of amidine groups is 1. The van der Waals surface area contributed by atoms with Crippen molar-refractivity contribution >= 4 is 12.6 Å². The molecule has 0 aliphatic rings. The van der Waals surface area contributed by atoms with Gasteiger partial charge in [0.2, 0.25) is 0 Å². The normalized spacial score (nSPS) is 11.1. The van der Waals surface area contributed by atoms with Crippen LogP contribution in [0.4, 0.5) is 0 Å². The molecule has 0 fully saturated rings. The summed E-state index contributed by atoms with van der Waals surface area (Å²) in [6.07, 6.45) is 1.64. The molecule has 0 bridgehead atoms. The summed E-state index contributed by atoms with van der Waals surface area (Å²) in [6, 6.07) is 5.40. The molecule has 4 heteroatoms. The Hall–Kier alpha value is -1.71. The Bertz CT molecular complexity index is 265. The van der Waals surface area contributed by atoms with Crippen molar-refractivity contribution in [1.82, 2.24) is 4.98 Å². The van der Waals surface area contributed by atoms with E-state index in [-0.39, 0.29) is 0 Å². The maximum atomic E-state index is 5.03. The Morgan fingerprint density at radius 1 is 1.55 bits per heavy atom. The van der Waals surface area contributed by atoms with Gasteiger partial charge in [-0.3, -0.25) is 4.98 Å². The zero-order valence-electron chi connectivity index (χ0n) is 5.94. The first-order valence-electron chi connectivity index (χ1n) is 3.04. The van der Waals surface area contributed by atoms with Crippen LogP contribution in [0.25, 0.3) is 0 Å². The molecule has 0 spiro atoms. The molecule has 0 unspecified atom stereocenters. The number of pyridine rings is 1. The van der Waals surface area contributed by atoms with Gasteiger partial charge in [-0.25, -0.2) is 4.99 Å². The Labute approximate surface area is 64.5 Å². The topological polar surface area (TPSA) is 63.6 Å². The second-order valence-electron chi connectivity index (χ2n) is 1.83. The van der Waals surface area contributed by atoms with Gasteiger partial charge in [-0.15, -0.1) is 0 Å². The van der Waals surface area contributed by atoms with Crippen molar-refractivity contribution in [1.29, 1.82) is 0 Å². The van der Waals surface area contributed by atoms with Gasteiger partial charge in [0.25, 0.3) is 0 Å². The summed E-state index contributed by atoms with van der Waals surface area (Å²) in [6.45, 7) is 3.31. The number of hydrogen-bond donors (Lipinski definition) is 1. The van der Waals surface area contributed by atoms with Gasteiger partial charge in [0.15, 0.2) is 5.84 Å². The number of rotatable bonds is 1. The second-order valence-corrected chi connectivity index (χ2v) is 1.83. The molecular formula is C7H8N4. The van der Waals surface area contributed by atoms with Crippen LogP contribution in [0.15, 0.2) is 34.5 Å². The first-order chi connectivity index (χ1) is 5.38. The Morgan fingerprint density at radius 3 is 2.82 bits per heavy atom. The number of hydrogen-bond acceptors (Lipinski definition) is 3. The van der Waals surface area contributed by atoms with Crippen LogP contribution < -0.4 is 5.84 Å². The molecule has 0 saturated carbocycles. The maximum Gasteiger partial charge on any atom is 0.196 e. The van der Waals surface area contributed by atoms with Crippen LogP contribution in [-0.2, 0) is 0 Å². The van der Waals surface area contributed by atoms with E-state index in [2.05, 4.69) is 21.8 Å². The largest absolute Gasteiger partial charge is 0.321 e. The third-order valence-electron chi connectivity index (χ3n) is 1.17. The molecule has 0 aromatic carbocycles. The molecule has 1 heterocycles. The first-order valence-corrected chi connectivity index (χ1v) is 3.04. The van der Waals surface area contributed by atoms with Crippen LogP contribution in [-0.4, -0.2) is 17.5 Å². The third-order valence-corrected chi connectivity index (χ3v) is 1.17. The Morgan fingerprint density at radius 2 is 2.36 bits per heavy atom. The first kappa shape index (κ1) is 7.40. The van der Waals surface area contributed by atoms with Gasteiger partial charge in [-0.1, -0.05) is 6.07 Å². The van der Waals surface area contributed by atoms with E-state index in [4.69, 9.17) is 5.84 Å². The van der Waals surface area contributed by atoms with Crippen LogP contribution in [0.2, 0.25) is 0 Å². The van der Waals surface area contributed by atoms with E-state index in [1.165, 1.54) is 0 Å². The number of nitrogens with zero attached hydrogens (tertiary/aromatic N) is 3. The summed E-state index contributed by atoms with van der Waals surface area (Å²) < 4.78 is 0. The van der Waals surface area contributed by atoms with E-state index >= 15 is 0 Å². The summed E-state index contributed by atoms with van der Waals surface area (Å²) in [5, 5.41) is 3.40. The van der Waals surface area contributed by atoms with Crippen LogP contribution in [0.5, 0.6) is 0 Å². The lowest BCUT2D eigenvalue weighted by Gasteiger charge is -1.94. The number of aromatic nitrogens is 1. The van der Waals surface area contributed by atoms with Crippen molar-refractivity contribution in [2.75, 3.05) is 0 Å². The van der Waals surface area contributed by atoms with E-state index in [9.17, 15) is 0 Å². The molecule has 0 radical (unpaired) electrons.